The van der Waals surface area contributed by atoms with Crippen molar-refractivity contribution in [2.24, 2.45) is 0 Å². The Bertz CT molecular complexity index is 1690. The molecule has 0 radical (unpaired) electrons. The van der Waals surface area contributed by atoms with E-state index in [4.69, 9.17) is 30.8 Å². The van der Waals surface area contributed by atoms with Gasteiger partial charge in [0, 0.05) is 28.8 Å². The lowest BCUT2D eigenvalue weighted by Crippen LogP contribution is -2.40. The highest BCUT2D eigenvalue weighted by molar-refractivity contribution is 6.30. The predicted octanol–water partition coefficient (Wildman–Crippen LogP) is 6.60. The number of likely N-dealkylation sites (tertiary alicyclic amines) is 1. The fraction of sp³-hybridized carbons (Fsp3) is 0.394. The molecular weight excluding hydrogens is 573 g/mol. The van der Waals surface area contributed by atoms with Crippen LogP contribution in [-0.4, -0.2) is 57.4 Å². The molecule has 0 saturated carbocycles. The first kappa shape index (κ1) is 28.1. The smallest absolute Gasteiger partial charge is 0.335 e. The third-order valence-corrected chi connectivity index (χ3v) is 9.26. The quantitative estimate of drug-likeness (QED) is 0.254. The van der Waals surface area contributed by atoms with E-state index in [1.165, 1.54) is 6.07 Å². The van der Waals surface area contributed by atoms with Crippen LogP contribution in [0.2, 0.25) is 5.02 Å². The average Bonchev–Trinajstić information content (AvgIpc) is 3.31. The predicted molar refractivity (Wildman–Crippen MR) is 160 cm³/mol. The van der Waals surface area contributed by atoms with E-state index >= 15 is 0 Å². The van der Waals surface area contributed by atoms with E-state index in [1.54, 1.807) is 30.3 Å². The second-order valence-corrected chi connectivity index (χ2v) is 12.2. The van der Waals surface area contributed by atoms with Crippen LogP contribution in [-0.2, 0) is 17.8 Å². The van der Waals surface area contributed by atoms with Crippen molar-refractivity contribution in [2.45, 2.75) is 63.4 Å². The maximum absolute atomic E-state index is 14.7. The van der Waals surface area contributed by atoms with Gasteiger partial charge in [0.15, 0.2) is 17.6 Å². The summed E-state index contributed by atoms with van der Waals surface area (Å²) < 4.78 is 35.1. The van der Waals surface area contributed by atoms with Crippen molar-refractivity contribution in [3.63, 3.8) is 0 Å². The summed E-state index contributed by atoms with van der Waals surface area (Å²) in [4.78, 5) is 19.0. The number of rotatable bonds is 7. The van der Waals surface area contributed by atoms with Crippen LogP contribution in [0.5, 0.6) is 11.5 Å². The Morgan fingerprint density at radius 3 is 2.74 bits per heavy atom. The Morgan fingerprint density at radius 1 is 1.14 bits per heavy atom. The highest BCUT2D eigenvalue weighted by Gasteiger charge is 2.34. The molecule has 0 spiro atoms. The van der Waals surface area contributed by atoms with Crippen molar-refractivity contribution in [3.8, 4) is 11.5 Å². The molecule has 0 amide bonds. The van der Waals surface area contributed by atoms with E-state index in [9.17, 15) is 14.3 Å². The zero-order chi connectivity index (χ0) is 29.7. The van der Waals surface area contributed by atoms with Gasteiger partial charge in [-0.05, 0) is 75.0 Å². The zero-order valence-corrected chi connectivity index (χ0v) is 24.6. The Morgan fingerprint density at radius 2 is 2.00 bits per heavy atom. The molecule has 2 saturated heterocycles. The highest BCUT2D eigenvalue weighted by atomic mass is 35.5. The Balaban J connectivity index is 1.10. The number of ether oxygens (including phenoxy) is 3. The molecule has 3 aliphatic heterocycles. The van der Waals surface area contributed by atoms with Gasteiger partial charge >= 0.3 is 5.97 Å². The molecule has 224 valence electrons. The van der Waals surface area contributed by atoms with Crippen LogP contribution in [0.1, 0.15) is 65.5 Å². The standard InChI is InChI=1S/C33H33ClFN3O5/c1-19-13-20(24-3-2-4-29-32(24)43-30(18-42-29)25-7-6-22(34)15-26(25)35)9-11-37(19)17-31-36-27-8-5-21(33(39)40)14-28(27)38(31)16-23-10-12-41-23/h2-8,14-15,19-20,23,30H,9-13,16-18H2,1H3,(H,39,40)/t19?,20?,23?,30-/m1/s1. The maximum Gasteiger partial charge on any atom is 0.335 e. The van der Waals surface area contributed by atoms with Gasteiger partial charge in [-0.1, -0.05) is 29.8 Å². The van der Waals surface area contributed by atoms with Crippen LogP contribution >= 0.6 is 11.6 Å². The number of benzene rings is 3. The molecular formula is C33H33ClFN3O5. The van der Waals surface area contributed by atoms with E-state index in [0.717, 1.165) is 54.8 Å². The Kier molecular flexibility index (Phi) is 7.49. The van der Waals surface area contributed by atoms with Crippen LogP contribution < -0.4 is 9.47 Å². The number of imidazole rings is 1. The van der Waals surface area contributed by atoms with Gasteiger partial charge in [0.1, 0.15) is 18.2 Å². The summed E-state index contributed by atoms with van der Waals surface area (Å²) in [6.45, 7) is 5.38. The van der Waals surface area contributed by atoms with Gasteiger partial charge in [-0.2, -0.15) is 0 Å². The summed E-state index contributed by atoms with van der Waals surface area (Å²) in [5, 5.41) is 9.91. The van der Waals surface area contributed by atoms with Gasteiger partial charge in [0.25, 0.3) is 0 Å². The first-order valence-corrected chi connectivity index (χ1v) is 15.2. The van der Waals surface area contributed by atoms with Crippen LogP contribution in [0.25, 0.3) is 11.0 Å². The van der Waals surface area contributed by atoms with Crippen molar-refractivity contribution >= 4 is 28.6 Å². The largest absolute Gasteiger partial charge is 0.485 e. The SMILES string of the molecule is CC1CC(c2cccc3c2O[C@@H](c2ccc(Cl)cc2F)CO3)CCN1Cc1nc2ccc(C(=O)O)cc2n1CC1CCO1. The molecule has 10 heteroatoms. The number of nitrogens with zero attached hydrogens (tertiary/aromatic N) is 3. The first-order chi connectivity index (χ1) is 20.8. The lowest BCUT2D eigenvalue weighted by molar-refractivity contribution is -0.0592. The van der Waals surface area contributed by atoms with Gasteiger partial charge in [-0.25, -0.2) is 14.2 Å². The summed E-state index contributed by atoms with van der Waals surface area (Å²) in [5.41, 5.74) is 3.38. The number of carbonyl (C=O) groups is 1. The second-order valence-electron chi connectivity index (χ2n) is 11.7. The molecule has 4 atom stereocenters. The van der Waals surface area contributed by atoms with Crippen molar-refractivity contribution in [2.75, 3.05) is 19.8 Å². The molecule has 8 nitrogen and oxygen atoms in total. The normalized spacial score (nSPS) is 23.7. The zero-order valence-electron chi connectivity index (χ0n) is 23.8. The molecule has 0 bridgehead atoms. The minimum absolute atomic E-state index is 0.115. The molecule has 4 heterocycles. The van der Waals surface area contributed by atoms with E-state index in [0.29, 0.717) is 35.2 Å². The van der Waals surface area contributed by atoms with Crippen molar-refractivity contribution < 1.29 is 28.5 Å². The van der Waals surface area contributed by atoms with Gasteiger partial charge in [0.2, 0.25) is 0 Å². The molecule has 4 aromatic rings. The molecule has 1 aromatic heterocycles. The Labute approximate surface area is 253 Å². The number of carboxylic acids is 1. The number of halogens is 2. The number of aromatic nitrogens is 2. The van der Waals surface area contributed by atoms with Crippen LogP contribution in [0.3, 0.4) is 0 Å². The van der Waals surface area contributed by atoms with Crippen molar-refractivity contribution in [1.29, 1.82) is 0 Å². The monoisotopic (exact) mass is 605 g/mol. The number of hydrogen-bond acceptors (Lipinski definition) is 6. The highest BCUT2D eigenvalue weighted by Crippen LogP contribution is 2.45. The number of hydrogen-bond donors (Lipinski definition) is 1. The number of aromatic carboxylic acids is 1. The second kappa shape index (κ2) is 11.4. The maximum atomic E-state index is 14.7. The molecule has 3 unspecified atom stereocenters. The lowest BCUT2D eigenvalue weighted by atomic mass is 9.85. The molecule has 1 N–H and O–H groups in total. The molecule has 7 rings (SSSR count). The minimum Gasteiger partial charge on any atom is -0.485 e. The van der Waals surface area contributed by atoms with E-state index in [-0.39, 0.29) is 30.2 Å². The van der Waals surface area contributed by atoms with Gasteiger partial charge in [-0.15, -0.1) is 0 Å². The molecule has 43 heavy (non-hydrogen) atoms. The molecule has 0 aliphatic carbocycles. The molecule has 3 aromatic carbocycles. The Hall–Kier alpha value is -3.66. The number of fused-ring (bicyclic) bond motifs is 2. The summed E-state index contributed by atoms with van der Waals surface area (Å²) in [5.74, 6) is 1.19. The summed E-state index contributed by atoms with van der Waals surface area (Å²) in [6.07, 6.45) is 2.37. The summed E-state index contributed by atoms with van der Waals surface area (Å²) >= 11 is 5.97. The molecule has 3 aliphatic rings. The van der Waals surface area contributed by atoms with Crippen LogP contribution in [0.15, 0.2) is 54.6 Å². The third-order valence-electron chi connectivity index (χ3n) is 9.02. The number of para-hydroxylation sites is 1. The number of piperidine rings is 1. The number of carboxylic acid groups (broad SMARTS) is 1. The summed E-state index contributed by atoms with van der Waals surface area (Å²) in [6, 6.07) is 16.0. The minimum atomic E-state index is -0.950. The summed E-state index contributed by atoms with van der Waals surface area (Å²) in [7, 11) is 0. The lowest BCUT2D eigenvalue weighted by Gasteiger charge is -2.39. The topological polar surface area (TPSA) is 86.0 Å². The van der Waals surface area contributed by atoms with Gasteiger partial charge < -0.3 is 23.9 Å². The van der Waals surface area contributed by atoms with Gasteiger partial charge in [-0.3, -0.25) is 4.90 Å². The fourth-order valence-corrected chi connectivity index (χ4v) is 6.69. The molecule has 2 fully saturated rings. The van der Waals surface area contributed by atoms with Gasteiger partial charge in [0.05, 0.1) is 35.8 Å². The van der Waals surface area contributed by atoms with E-state index in [2.05, 4.69) is 22.5 Å². The average molecular weight is 606 g/mol. The van der Waals surface area contributed by atoms with E-state index in [1.807, 2.05) is 12.1 Å². The van der Waals surface area contributed by atoms with Crippen LogP contribution in [0, 0.1) is 5.82 Å². The van der Waals surface area contributed by atoms with Crippen molar-refractivity contribution in [3.05, 3.63) is 88.0 Å². The third kappa shape index (κ3) is 5.46. The van der Waals surface area contributed by atoms with E-state index < -0.39 is 17.9 Å². The van der Waals surface area contributed by atoms with Crippen molar-refractivity contribution in [1.82, 2.24) is 14.5 Å². The van der Waals surface area contributed by atoms with Crippen LogP contribution in [0.4, 0.5) is 4.39 Å². The first-order valence-electron chi connectivity index (χ1n) is 14.8. The fourth-order valence-electron chi connectivity index (χ4n) is 6.53.